The molecule has 0 unspecified atom stereocenters. The van der Waals surface area contributed by atoms with Gasteiger partial charge in [-0.2, -0.15) is 0 Å². The molecular weight excluding hydrogens is 410 g/mol. The maximum absolute atomic E-state index is 14.3. The number of nitro benzene ring substituents is 1. The lowest BCUT2D eigenvalue weighted by atomic mass is 9.95. The van der Waals surface area contributed by atoms with Crippen LogP contribution in [0.4, 0.5) is 25.0 Å². The first-order valence-corrected chi connectivity index (χ1v) is 10.6. The van der Waals surface area contributed by atoms with E-state index < -0.39 is 27.8 Å². The van der Waals surface area contributed by atoms with E-state index in [1.54, 1.807) is 9.80 Å². The number of piperazine rings is 1. The fraction of sp³-hybridized carbons (Fsp3) is 0.667. The number of anilines is 1. The minimum absolute atomic E-state index is 0.185. The fourth-order valence-electron chi connectivity index (χ4n) is 4.10. The standard InChI is InChI=1S/C21H30F2N4O4/c1-21(2,3)31-20(28)26-10-8-24(9-11-26)14-15-4-6-25(7-5-15)19-17(22)12-16(27(29)30)13-18(19)23/h12-13,15H,4-11,14H2,1-3H3. The Morgan fingerprint density at radius 1 is 1.10 bits per heavy atom. The molecule has 2 fully saturated rings. The summed E-state index contributed by atoms with van der Waals surface area (Å²) < 4.78 is 34.0. The van der Waals surface area contributed by atoms with E-state index in [0.29, 0.717) is 32.1 Å². The number of hydrogen-bond donors (Lipinski definition) is 0. The van der Waals surface area contributed by atoms with Gasteiger partial charge in [0.15, 0.2) is 11.6 Å². The third-order valence-electron chi connectivity index (χ3n) is 5.68. The van der Waals surface area contributed by atoms with Crippen molar-refractivity contribution in [3.05, 3.63) is 33.9 Å². The maximum atomic E-state index is 14.3. The first-order chi connectivity index (χ1) is 14.5. The monoisotopic (exact) mass is 440 g/mol. The highest BCUT2D eigenvalue weighted by Gasteiger charge is 2.29. The highest BCUT2D eigenvalue weighted by molar-refractivity contribution is 5.68. The van der Waals surface area contributed by atoms with Crippen LogP contribution in [0.15, 0.2) is 12.1 Å². The average Bonchev–Trinajstić information content (AvgIpc) is 2.68. The molecule has 0 spiro atoms. The predicted molar refractivity (Wildman–Crippen MR) is 112 cm³/mol. The zero-order chi connectivity index (χ0) is 22.8. The number of non-ortho nitro benzene ring substituents is 1. The molecule has 0 radical (unpaired) electrons. The van der Waals surface area contributed by atoms with Crippen LogP contribution in [0, 0.1) is 27.7 Å². The molecule has 0 aromatic heterocycles. The van der Waals surface area contributed by atoms with Crippen molar-refractivity contribution >= 4 is 17.5 Å². The number of benzene rings is 1. The van der Waals surface area contributed by atoms with E-state index in [1.165, 1.54) is 0 Å². The lowest BCUT2D eigenvalue weighted by molar-refractivity contribution is -0.385. The summed E-state index contributed by atoms with van der Waals surface area (Å²) in [6.45, 7) is 10.2. The van der Waals surface area contributed by atoms with Crippen LogP contribution in [0.1, 0.15) is 33.6 Å². The summed E-state index contributed by atoms with van der Waals surface area (Å²) in [5, 5.41) is 10.8. The summed E-state index contributed by atoms with van der Waals surface area (Å²) in [6.07, 6.45) is 1.28. The number of nitro groups is 1. The van der Waals surface area contributed by atoms with Gasteiger partial charge in [-0.15, -0.1) is 0 Å². The number of nitrogens with zero attached hydrogens (tertiary/aromatic N) is 4. The SMILES string of the molecule is CC(C)(C)OC(=O)N1CCN(CC2CCN(c3c(F)cc([N+](=O)[O-])cc3F)CC2)CC1. The van der Waals surface area contributed by atoms with Gasteiger partial charge in [0.2, 0.25) is 0 Å². The number of piperidine rings is 1. The molecule has 172 valence electrons. The first kappa shape index (κ1) is 23.2. The Bertz CT molecular complexity index is 791. The van der Waals surface area contributed by atoms with E-state index in [1.807, 2.05) is 20.8 Å². The zero-order valence-electron chi connectivity index (χ0n) is 18.3. The number of carbonyl (C=O) groups excluding carboxylic acids is 1. The van der Waals surface area contributed by atoms with Gasteiger partial charge in [-0.05, 0) is 39.5 Å². The van der Waals surface area contributed by atoms with Crippen LogP contribution in [0.3, 0.4) is 0 Å². The van der Waals surface area contributed by atoms with Crippen molar-refractivity contribution in [2.45, 2.75) is 39.2 Å². The minimum Gasteiger partial charge on any atom is -0.444 e. The van der Waals surface area contributed by atoms with Gasteiger partial charge in [0.05, 0.1) is 17.1 Å². The molecule has 3 rings (SSSR count). The van der Waals surface area contributed by atoms with Crippen molar-refractivity contribution in [3.8, 4) is 0 Å². The van der Waals surface area contributed by atoms with Crippen LogP contribution in [0.25, 0.3) is 0 Å². The maximum Gasteiger partial charge on any atom is 0.410 e. The van der Waals surface area contributed by atoms with Crippen LogP contribution in [-0.2, 0) is 4.74 Å². The summed E-state index contributed by atoms with van der Waals surface area (Å²) in [6, 6.07) is 1.54. The van der Waals surface area contributed by atoms with E-state index in [-0.39, 0.29) is 11.8 Å². The smallest absolute Gasteiger partial charge is 0.410 e. The third-order valence-corrected chi connectivity index (χ3v) is 5.68. The topological polar surface area (TPSA) is 79.2 Å². The van der Waals surface area contributed by atoms with Crippen LogP contribution >= 0.6 is 0 Å². The summed E-state index contributed by atoms with van der Waals surface area (Å²) in [4.78, 5) is 27.8. The quantitative estimate of drug-likeness (QED) is 0.525. The number of rotatable bonds is 4. The van der Waals surface area contributed by atoms with Crippen LogP contribution in [0.2, 0.25) is 0 Å². The molecule has 1 aromatic carbocycles. The molecule has 31 heavy (non-hydrogen) atoms. The molecular formula is C21H30F2N4O4. The van der Waals surface area contributed by atoms with Crippen molar-refractivity contribution in [1.82, 2.24) is 9.80 Å². The molecule has 2 saturated heterocycles. The predicted octanol–water partition coefficient (Wildman–Crippen LogP) is 3.64. The largest absolute Gasteiger partial charge is 0.444 e. The van der Waals surface area contributed by atoms with Crippen molar-refractivity contribution in [2.75, 3.05) is 50.7 Å². The fourth-order valence-corrected chi connectivity index (χ4v) is 4.10. The Balaban J connectivity index is 1.47. The van der Waals surface area contributed by atoms with E-state index in [0.717, 1.165) is 44.6 Å². The minimum atomic E-state index is -0.900. The van der Waals surface area contributed by atoms with E-state index in [2.05, 4.69) is 4.90 Å². The Kier molecular flexibility index (Phi) is 6.98. The Hall–Kier alpha value is -2.49. The Morgan fingerprint density at radius 3 is 2.13 bits per heavy atom. The van der Waals surface area contributed by atoms with Crippen LogP contribution in [0.5, 0.6) is 0 Å². The normalized spacial score (nSPS) is 18.9. The van der Waals surface area contributed by atoms with E-state index >= 15 is 0 Å². The molecule has 0 bridgehead atoms. The zero-order valence-corrected chi connectivity index (χ0v) is 18.3. The van der Waals surface area contributed by atoms with E-state index in [4.69, 9.17) is 4.74 Å². The molecule has 1 aromatic rings. The molecule has 1 amide bonds. The first-order valence-electron chi connectivity index (χ1n) is 10.6. The summed E-state index contributed by atoms with van der Waals surface area (Å²) in [5.41, 5.74) is -1.28. The van der Waals surface area contributed by atoms with Crippen molar-refractivity contribution in [1.29, 1.82) is 0 Å². The van der Waals surface area contributed by atoms with Crippen molar-refractivity contribution in [2.24, 2.45) is 5.92 Å². The molecule has 8 nitrogen and oxygen atoms in total. The van der Waals surface area contributed by atoms with Gasteiger partial charge in [-0.3, -0.25) is 15.0 Å². The van der Waals surface area contributed by atoms with Crippen molar-refractivity contribution < 1.29 is 23.2 Å². The van der Waals surface area contributed by atoms with Crippen LogP contribution < -0.4 is 4.90 Å². The summed E-state index contributed by atoms with van der Waals surface area (Å²) >= 11 is 0. The third kappa shape index (κ3) is 6.03. The molecule has 0 saturated carbocycles. The number of amides is 1. The number of hydrogen-bond acceptors (Lipinski definition) is 6. The van der Waals surface area contributed by atoms with Gasteiger partial charge in [0.1, 0.15) is 11.3 Å². The summed E-state index contributed by atoms with van der Waals surface area (Å²) in [5.74, 6) is -1.40. The molecule has 0 atom stereocenters. The number of carbonyl (C=O) groups is 1. The highest BCUT2D eigenvalue weighted by atomic mass is 19.1. The average molecular weight is 440 g/mol. The molecule has 0 aliphatic carbocycles. The summed E-state index contributed by atoms with van der Waals surface area (Å²) in [7, 11) is 0. The van der Waals surface area contributed by atoms with Gasteiger partial charge >= 0.3 is 6.09 Å². The van der Waals surface area contributed by atoms with Gasteiger partial charge in [0, 0.05) is 45.8 Å². The lowest BCUT2D eigenvalue weighted by Crippen LogP contribution is -2.51. The van der Waals surface area contributed by atoms with Gasteiger partial charge in [0.25, 0.3) is 5.69 Å². The van der Waals surface area contributed by atoms with Crippen molar-refractivity contribution in [3.63, 3.8) is 0 Å². The van der Waals surface area contributed by atoms with Crippen LogP contribution in [-0.4, -0.2) is 72.2 Å². The molecule has 2 heterocycles. The molecule has 2 aliphatic rings. The lowest BCUT2D eigenvalue weighted by Gasteiger charge is -2.39. The Morgan fingerprint density at radius 2 is 1.65 bits per heavy atom. The number of halogens is 2. The van der Waals surface area contributed by atoms with Gasteiger partial charge in [-0.1, -0.05) is 0 Å². The number of ether oxygens (including phenoxy) is 1. The second-order valence-electron chi connectivity index (χ2n) is 9.21. The second kappa shape index (κ2) is 9.33. The second-order valence-corrected chi connectivity index (χ2v) is 9.21. The Labute approximate surface area is 180 Å². The molecule has 2 aliphatic heterocycles. The van der Waals surface area contributed by atoms with E-state index in [9.17, 15) is 23.7 Å². The van der Waals surface area contributed by atoms with Gasteiger partial charge < -0.3 is 14.5 Å². The highest BCUT2D eigenvalue weighted by Crippen LogP contribution is 2.31. The molecule has 10 heteroatoms. The molecule has 0 N–H and O–H groups in total. The van der Waals surface area contributed by atoms with Gasteiger partial charge in [-0.25, -0.2) is 13.6 Å².